The van der Waals surface area contributed by atoms with Crippen molar-refractivity contribution in [3.05, 3.63) is 0 Å². The monoisotopic (exact) mass is 325 g/mol. The fourth-order valence-corrected chi connectivity index (χ4v) is 2.16. The number of carbonyl (C=O) groups excluding carboxylic acids is 1. The Hall–Kier alpha value is -1.34. The minimum Gasteiger partial charge on any atom is -0.477 e. The van der Waals surface area contributed by atoms with Gasteiger partial charge in [0.2, 0.25) is 5.91 Å². The molecule has 0 aliphatic carbocycles. The number of hydrogen-bond acceptors (Lipinski definition) is 9. The quantitative estimate of drug-likeness (QED) is 0.242. The summed E-state index contributed by atoms with van der Waals surface area (Å²) in [5.41, 5.74) is 0. The van der Waals surface area contributed by atoms with Crippen molar-refractivity contribution in [2.75, 3.05) is 6.61 Å². The third kappa shape index (κ3) is 3.35. The highest BCUT2D eigenvalue weighted by Crippen LogP contribution is 2.31. The van der Waals surface area contributed by atoms with Crippen LogP contribution >= 0.6 is 0 Å². The van der Waals surface area contributed by atoms with Crippen LogP contribution in [0.15, 0.2) is 0 Å². The molecule has 1 aliphatic rings. The average Bonchev–Trinajstić information content (AvgIpc) is 2.45. The molecule has 0 radical (unpaired) electrons. The van der Waals surface area contributed by atoms with Crippen LogP contribution < -0.4 is 5.32 Å². The van der Waals surface area contributed by atoms with Crippen LogP contribution in [0, 0.1) is 0 Å². The van der Waals surface area contributed by atoms with Crippen molar-refractivity contribution in [2.24, 2.45) is 0 Å². The van der Waals surface area contributed by atoms with Gasteiger partial charge in [0, 0.05) is 6.92 Å². The molecule has 0 aromatic heterocycles. The van der Waals surface area contributed by atoms with E-state index in [9.17, 15) is 35.1 Å². The van der Waals surface area contributed by atoms with E-state index in [2.05, 4.69) is 5.32 Å². The van der Waals surface area contributed by atoms with E-state index in [0.29, 0.717) is 0 Å². The third-order valence-electron chi connectivity index (χ3n) is 3.36. The maximum Gasteiger partial charge on any atom is 0.367 e. The molecule has 0 spiro atoms. The van der Waals surface area contributed by atoms with Crippen molar-refractivity contribution in [3.8, 4) is 0 Å². The van der Waals surface area contributed by atoms with Crippen LogP contribution in [0.3, 0.4) is 0 Å². The minimum atomic E-state index is -3.27. The van der Waals surface area contributed by atoms with Crippen molar-refractivity contribution in [3.63, 3.8) is 0 Å². The van der Waals surface area contributed by atoms with E-state index >= 15 is 0 Å². The Bertz CT molecular complexity index is 431. The Morgan fingerprint density at radius 2 is 1.86 bits per heavy atom. The number of aliphatic carboxylic acids is 1. The van der Waals surface area contributed by atoms with Crippen LogP contribution in [0.4, 0.5) is 0 Å². The number of ether oxygens (including phenoxy) is 1. The van der Waals surface area contributed by atoms with Crippen LogP contribution in [-0.2, 0) is 14.3 Å². The predicted octanol–water partition coefficient (Wildman–Crippen LogP) is -4.90. The second-order valence-electron chi connectivity index (χ2n) is 4.99. The highest BCUT2D eigenvalue weighted by molar-refractivity contribution is 5.77. The van der Waals surface area contributed by atoms with Gasteiger partial charge in [-0.15, -0.1) is 0 Å². The van der Waals surface area contributed by atoms with Gasteiger partial charge in [-0.25, -0.2) is 4.79 Å². The number of carboxylic acid groups (broad SMARTS) is 1. The molecule has 1 amide bonds. The van der Waals surface area contributed by atoms with Crippen LogP contribution in [-0.4, -0.2) is 96.6 Å². The summed E-state index contributed by atoms with van der Waals surface area (Å²) in [6.45, 7) is 0.112. The number of aliphatic hydroxyl groups excluding tert-OH is 5. The van der Waals surface area contributed by atoms with Gasteiger partial charge in [-0.2, -0.15) is 0 Å². The lowest BCUT2D eigenvalue weighted by Gasteiger charge is -2.47. The van der Waals surface area contributed by atoms with Gasteiger partial charge in [0.15, 0.2) is 0 Å². The van der Waals surface area contributed by atoms with Crippen LogP contribution in [0.1, 0.15) is 6.92 Å². The number of aliphatic hydroxyl groups is 6. The molecule has 11 heteroatoms. The van der Waals surface area contributed by atoms with Crippen LogP contribution in [0.25, 0.3) is 0 Å². The molecule has 1 fully saturated rings. The molecule has 8 N–H and O–H groups in total. The first-order valence-corrected chi connectivity index (χ1v) is 6.30. The lowest BCUT2D eigenvalue weighted by Crippen LogP contribution is -2.73. The molecular formula is C11H19NO10. The summed E-state index contributed by atoms with van der Waals surface area (Å²) in [7, 11) is 0. The zero-order chi connectivity index (χ0) is 17.2. The summed E-state index contributed by atoms with van der Waals surface area (Å²) in [4.78, 5) is 22.2. The Morgan fingerprint density at radius 3 is 2.27 bits per heavy atom. The van der Waals surface area contributed by atoms with Crippen LogP contribution in [0.5, 0.6) is 0 Å². The van der Waals surface area contributed by atoms with E-state index in [1.807, 2.05) is 0 Å². The molecule has 1 aliphatic heterocycles. The van der Waals surface area contributed by atoms with Gasteiger partial charge in [-0.05, 0) is 0 Å². The standard InChI is InChI=1S/C11H19NO10/c1-3(14)12-5-7(17)9(18)11(21,10(19)20)22-8(5)6(16)4(15)2-13/h4-9,13,15-18,21H,2H2,1H3,(H,12,14)(H,19,20)/t4-,5-,6?,7-,8-,9?,11-/m1/s1. The number of carbonyl (C=O) groups is 2. The van der Waals surface area contributed by atoms with Crippen molar-refractivity contribution in [2.45, 2.75) is 49.3 Å². The highest BCUT2D eigenvalue weighted by Gasteiger charge is 2.60. The van der Waals surface area contributed by atoms with Gasteiger partial charge in [0.05, 0.1) is 12.6 Å². The normalized spacial score (nSPS) is 38.1. The van der Waals surface area contributed by atoms with Gasteiger partial charge >= 0.3 is 5.97 Å². The molecule has 1 heterocycles. The largest absolute Gasteiger partial charge is 0.477 e. The zero-order valence-electron chi connectivity index (χ0n) is 11.5. The maximum atomic E-state index is 11.1. The van der Waals surface area contributed by atoms with E-state index in [1.165, 1.54) is 0 Å². The van der Waals surface area contributed by atoms with Crippen molar-refractivity contribution in [1.29, 1.82) is 0 Å². The van der Waals surface area contributed by atoms with E-state index in [1.54, 1.807) is 0 Å². The second kappa shape index (κ2) is 6.83. The molecule has 1 saturated heterocycles. The van der Waals surface area contributed by atoms with Crippen molar-refractivity contribution < 1.29 is 50.1 Å². The molecule has 11 nitrogen and oxygen atoms in total. The average molecular weight is 325 g/mol. The summed E-state index contributed by atoms with van der Waals surface area (Å²) >= 11 is 0. The first-order valence-electron chi connectivity index (χ1n) is 6.30. The summed E-state index contributed by atoms with van der Waals surface area (Å²) in [5.74, 6) is -6.03. The van der Waals surface area contributed by atoms with Gasteiger partial charge in [0.1, 0.15) is 30.5 Å². The maximum absolute atomic E-state index is 11.1. The van der Waals surface area contributed by atoms with Gasteiger partial charge in [-0.1, -0.05) is 0 Å². The molecule has 0 saturated carbocycles. The molecule has 0 bridgehead atoms. The topological polar surface area (TPSA) is 197 Å². The van der Waals surface area contributed by atoms with E-state index < -0.39 is 60.8 Å². The van der Waals surface area contributed by atoms with E-state index in [0.717, 1.165) is 6.92 Å². The first-order chi connectivity index (χ1) is 10.1. The molecule has 128 valence electrons. The number of amides is 1. The SMILES string of the molecule is CC(=O)N[C@@H]1[C@@H](O)C(O)[C@](O)(C(=O)O)O[C@H]1C(O)[C@H](O)CO. The lowest BCUT2D eigenvalue weighted by molar-refractivity contribution is -0.332. The predicted molar refractivity (Wildman–Crippen MR) is 66.2 cm³/mol. The minimum absolute atomic E-state index is 0.712. The van der Waals surface area contributed by atoms with Gasteiger partial charge in [0.25, 0.3) is 5.79 Å². The molecule has 0 aromatic carbocycles. The molecular weight excluding hydrogens is 306 g/mol. The van der Waals surface area contributed by atoms with Gasteiger partial charge < -0.3 is 45.8 Å². The fourth-order valence-electron chi connectivity index (χ4n) is 2.16. The summed E-state index contributed by atoms with van der Waals surface area (Å²) in [5, 5.41) is 68.6. The second-order valence-corrected chi connectivity index (χ2v) is 4.99. The number of hydrogen-bond donors (Lipinski definition) is 8. The lowest BCUT2D eigenvalue weighted by atomic mass is 9.86. The number of nitrogens with one attached hydrogen (secondary N) is 1. The van der Waals surface area contributed by atoms with Gasteiger partial charge in [-0.3, -0.25) is 4.79 Å². The van der Waals surface area contributed by atoms with Crippen LogP contribution in [0.2, 0.25) is 0 Å². The Balaban J connectivity index is 3.19. The Labute approximate surface area is 124 Å². The Kier molecular flexibility index (Phi) is 5.81. The third-order valence-corrected chi connectivity index (χ3v) is 3.36. The molecule has 22 heavy (non-hydrogen) atoms. The van der Waals surface area contributed by atoms with E-state index in [4.69, 9.17) is 14.9 Å². The first kappa shape index (κ1) is 18.7. The van der Waals surface area contributed by atoms with Crippen molar-refractivity contribution in [1.82, 2.24) is 5.32 Å². The molecule has 0 aromatic rings. The molecule has 1 rings (SSSR count). The molecule has 2 unspecified atom stereocenters. The summed E-state index contributed by atoms with van der Waals surface area (Å²) in [6, 6.07) is -1.54. The highest BCUT2D eigenvalue weighted by atomic mass is 16.7. The smallest absolute Gasteiger partial charge is 0.367 e. The zero-order valence-corrected chi connectivity index (χ0v) is 11.5. The van der Waals surface area contributed by atoms with E-state index in [-0.39, 0.29) is 0 Å². The number of carboxylic acids is 1. The summed E-state index contributed by atoms with van der Waals surface area (Å²) in [6.07, 6.45) is -9.94. The van der Waals surface area contributed by atoms with Crippen molar-refractivity contribution >= 4 is 11.9 Å². The summed E-state index contributed by atoms with van der Waals surface area (Å²) < 4.78 is 4.73. The molecule has 7 atom stereocenters. The fraction of sp³-hybridized carbons (Fsp3) is 0.818. The number of rotatable bonds is 5. The Morgan fingerprint density at radius 1 is 1.32 bits per heavy atom.